The summed E-state index contributed by atoms with van der Waals surface area (Å²) in [5.41, 5.74) is 4.80. The average molecular weight is 445 g/mol. The van der Waals surface area contributed by atoms with Crippen molar-refractivity contribution < 1.29 is 14.0 Å². The molecule has 9 nitrogen and oxygen atoms in total. The van der Waals surface area contributed by atoms with E-state index in [0.717, 1.165) is 6.42 Å². The number of hydrogen-bond donors (Lipinski definition) is 2. The third kappa shape index (κ3) is 4.44. The van der Waals surface area contributed by atoms with E-state index in [1.165, 1.54) is 32.6 Å². The molecule has 2 amide bonds. The first kappa shape index (κ1) is 23.2. The smallest absolute Gasteiger partial charge is 0.330 e. The van der Waals surface area contributed by atoms with Crippen LogP contribution in [0.2, 0.25) is 0 Å². The van der Waals surface area contributed by atoms with E-state index >= 15 is 0 Å². The highest BCUT2D eigenvalue weighted by Gasteiger charge is 2.39. The molecule has 1 unspecified atom stereocenters. The number of nitrogens with zero attached hydrogens (tertiary/aromatic N) is 3. The maximum Gasteiger partial charge on any atom is 0.330 e. The summed E-state index contributed by atoms with van der Waals surface area (Å²) in [5.74, 6) is -2.24. The highest BCUT2D eigenvalue weighted by molar-refractivity contribution is 6.05. The number of nitrogen functional groups attached to an aromatic ring is 1. The lowest BCUT2D eigenvalue weighted by Crippen LogP contribution is -2.44. The van der Waals surface area contributed by atoms with Crippen molar-refractivity contribution in [3.63, 3.8) is 0 Å². The van der Waals surface area contributed by atoms with Crippen LogP contribution in [-0.2, 0) is 16.1 Å². The fraction of sp³-hybridized carbons (Fsp3) is 0.455. The van der Waals surface area contributed by atoms with Crippen LogP contribution < -0.4 is 26.8 Å². The van der Waals surface area contributed by atoms with E-state index in [4.69, 9.17) is 5.73 Å². The lowest BCUT2D eigenvalue weighted by molar-refractivity contribution is -0.124. The minimum absolute atomic E-state index is 0.00632. The molecule has 1 saturated heterocycles. The van der Waals surface area contributed by atoms with Crippen LogP contribution in [0.15, 0.2) is 33.9 Å². The Hall–Kier alpha value is -3.43. The van der Waals surface area contributed by atoms with E-state index in [9.17, 15) is 23.6 Å². The molecular formula is C22H28FN5O4. The molecule has 2 heterocycles. The molecule has 0 bridgehead atoms. The number of benzene rings is 1. The Kier molecular flexibility index (Phi) is 7.12. The molecule has 1 fully saturated rings. The first-order valence-electron chi connectivity index (χ1n) is 10.8. The summed E-state index contributed by atoms with van der Waals surface area (Å²) < 4.78 is 15.4. The number of rotatable bonds is 8. The Bertz CT molecular complexity index is 1130. The number of carbonyl (C=O) groups excluding carboxylic acids is 2. The van der Waals surface area contributed by atoms with Gasteiger partial charge in [0.15, 0.2) is 5.69 Å². The van der Waals surface area contributed by atoms with Crippen molar-refractivity contribution in [2.24, 2.45) is 5.92 Å². The van der Waals surface area contributed by atoms with Crippen molar-refractivity contribution in [1.82, 2.24) is 9.55 Å². The number of carbonyl (C=O) groups is 2. The lowest BCUT2D eigenvalue weighted by Gasteiger charge is -2.27. The van der Waals surface area contributed by atoms with Gasteiger partial charge in [0.05, 0.1) is 11.6 Å². The van der Waals surface area contributed by atoms with Crippen molar-refractivity contribution in [3.05, 3.63) is 50.9 Å². The number of hydrogen-bond acceptors (Lipinski definition) is 5. The summed E-state index contributed by atoms with van der Waals surface area (Å²) in [6.07, 6.45) is 1.84. The van der Waals surface area contributed by atoms with E-state index in [1.807, 2.05) is 13.8 Å². The quantitative estimate of drug-likeness (QED) is 0.642. The fourth-order valence-corrected chi connectivity index (χ4v) is 3.93. The zero-order chi connectivity index (χ0) is 23.4. The van der Waals surface area contributed by atoms with Gasteiger partial charge in [0, 0.05) is 26.1 Å². The molecule has 1 aromatic heterocycles. The molecule has 1 aromatic carbocycles. The van der Waals surface area contributed by atoms with Gasteiger partial charge in [-0.2, -0.15) is 0 Å². The van der Waals surface area contributed by atoms with Crippen LogP contribution in [0.4, 0.5) is 21.6 Å². The third-order valence-corrected chi connectivity index (χ3v) is 5.55. The molecule has 3 N–H and O–H groups in total. The molecule has 1 aliphatic rings. The van der Waals surface area contributed by atoms with Gasteiger partial charge in [-0.15, -0.1) is 0 Å². The van der Waals surface area contributed by atoms with Gasteiger partial charge in [0.25, 0.3) is 5.56 Å². The fourth-order valence-electron chi connectivity index (χ4n) is 3.93. The number of nitrogens with two attached hydrogens (primary N) is 1. The first-order valence-corrected chi connectivity index (χ1v) is 10.8. The molecule has 0 radical (unpaired) electrons. The second-order valence-corrected chi connectivity index (χ2v) is 7.84. The number of halogens is 1. The van der Waals surface area contributed by atoms with Gasteiger partial charge in [-0.1, -0.05) is 32.4 Å². The zero-order valence-corrected chi connectivity index (χ0v) is 18.3. The third-order valence-electron chi connectivity index (χ3n) is 5.55. The molecule has 172 valence electrons. The summed E-state index contributed by atoms with van der Waals surface area (Å²) in [7, 11) is 0. The van der Waals surface area contributed by atoms with Crippen LogP contribution in [-0.4, -0.2) is 34.5 Å². The Labute approximate surface area is 184 Å². The predicted octanol–water partition coefficient (Wildman–Crippen LogP) is 1.85. The number of unbranched alkanes of at least 4 members (excludes halogenated alkanes) is 1. The van der Waals surface area contributed by atoms with Gasteiger partial charge in [0.2, 0.25) is 11.8 Å². The normalized spacial score (nSPS) is 15.9. The second kappa shape index (κ2) is 9.80. The standard InChI is InChI=1S/C22H28FN5O4/c1-3-5-11-26(18-19(24)27(10-4-2)22(32)25-20(18)30)21(31)14-12-17(29)28(13-14)16-9-7-6-8-15(16)23/h6-9,14H,3-5,10-13,24H2,1-2H3,(H,25,30,32). The van der Waals surface area contributed by atoms with Crippen LogP contribution in [0.1, 0.15) is 39.5 Å². The maximum absolute atomic E-state index is 14.2. The van der Waals surface area contributed by atoms with Gasteiger partial charge < -0.3 is 15.5 Å². The monoisotopic (exact) mass is 445 g/mol. The molecular weight excluding hydrogens is 417 g/mol. The summed E-state index contributed by atoms with van der Waals surface area (Å²) >= 11 is 0. The molecule has 3 rings (SSSR count). The Morgan fingerprint density at radius 3 is 2.59 bits per heavy atom. The van der Waals surface area contributed by atoms with Crippen molar-refractivity contribution in [2.45, 2.75) is 46.1 Å². The molecule has 1 aliphatic heterocycles. The highest BCUT2D eigenvalue weighted by Crippen LogP contribution is 2.30. The Morgan fingerprint density at radius 1 is 1.22 bits per heavy atom. The zero-order valence-electron chi connectivity index (χ0n) is 18.3. The van der Waals surface area contributed by atoms with Crippen LogP contribution in [0.3, 0.4) is 0 Å². The highest BCUT2D eigenvalue weighted by atomic mass is 19.1. The number of aromatic amines is 1. The van der Waals surface area contributed by atoms with Gasteiger partial charge in [0.1, 0.15) is 11.6 Å². The second-order valence-electron chi connectivity index (χ2n) is 7.84. The van der Waals surface area contributed by atoms with E-state index in [-0.39, 0.29) is 49.2 Å². The van der Waals surface area contributed by atoms with E-state index < -0.39 is 28.9 Å². The molecule has 0 saturated carbocycles. The molecule has 0 spiro atoms. The number of nitrogens with one attached hydrogen (secondary N) is 1. The van der Waals surface area contributed by atoms with Gasteiger partial charge >= 0.3 is 5.69 Å². The topological polar surface area (TPSA) is 121 Å². The Morgan fingerprint density at radius 2 is 1.94 bits per heavy atom. The van der Waals surface area contributed by atoms with Crippen LogP contribution in [0.25, 0.3) is 0 Å². The summed E-state index contributed by atoms with van der Waals surface area (Å²) in [4.78, 5) is 55.7. The molecule has 1 atom stereocenters. The van der Waals surface area contributed by atoms with E-state index in [0.29, 0.717) is 12.8 Å². The minimum atomic E-state index is -0.774. The van der Waals surface area contributed by atoms with Crippen molar-refractivity contribution in [2.75, 3.05) is 28.6 Å². The number of para-hydroxylation sites is 1. The van der Waals surface area contributed by atoms with Crippen molar-refractivity contribution in [3.8, 4) is 0 Å². The minimum Gasteiger partial charge on any atom is -0.383 e. The number of anilines is 3. The van der Waals surface area contributed by atoms with Crippen molar-refractivity contribution in [1.29, 1.82) is 0 Å². The summed E-state index contributed by atoms with van der Waals surface area (Å²) in [6.45, 7) is 4.28. The lowest BCUT2D eigenvalue weighted by atomic mass is 10.1. The predicted molar refractivity (Wildman–Crippen MR) is 120 cm³/mol. The molecule has 2 aromatic rings. The Balaban J connectivity index is 1.97. The van der Waals surface area contributed by atoms with Gasteiger partial charge in [-0.05, 0) is 25.0 Å². The molecule has 32 heavy (non-hydrogen) atoms. The van der Waals surface area contributed by atoms with Crippen molar-refractivity contribution >= 4 is 29.0 Å². The summed E-state index contributed by atoms with van der Waals surface area (Å²) in [6, 6.07) is 5.88. The SMILES string of the molecule is CCCCN(C(=O)C1CC(=O)N(c2ccccc2F)C1)c1c(N)n(CCC)c(=O)[nH]c1=O. The average Bonchev–Trinajstić information content (AvgIpc) is 3.14. The van der Waals surface area contributed by atoms with Gasteiger partial charge in [-0.3, -0.25) is 23.9 Å². The van der Waals surface area contributed by atoms with E-state index in [2.05, 4.69) is 4.98 Å². The summed E-state index contributed by atoms with van der Waals surface area (Å²) in [5, 5.41) is 0. The van der Waals surface area contributed by atoms with Crippen LogP contribution >= 0.6 is 0 Å². The maximum atomic E-state index is 14.2. The van der Waals surface area contributed by atoms with Crippen LogP contribution in [0.5, 0.6) is 0 Å². The number of amides is 2. The molecule has 0 aliphatic carbocycles. The van der Waals surface area contributed by atoms with Crippen LogP contribution in [0, 0.1) is 11.7 Å². The van der Waals surface area contributed by atoms with E-state index in [1.54, 1.807) is 6.07 Å². The molecule has 10 heteroatoms. The first-order chi connectivity index (χ1) is 15.3. The number of H-pyrrole nitrogens is 1. The largest absolute Gasteiger partial charge is 0.383 e. The number of aromatic nitrogens is 2. The van der Waals surface area contributed by atoms with Gasteiger partial charge in [-0.25, -0.2) is 9.18 Å².